The van der Waals surface area contributed by atoms with Crippen molar-refractivity contribution in [2.45, 2.75) is 110 Å². The zero-order chi connectivity index (χ0) is 54.9. The van der Waals surface area contributed by atoms with Crippen LogP contribution < -0.4 is 25.5 Å². The number of fused-ring (bicyclic) bond motifs is 16. The molecule has 3 nitrogen and oxygen atoms in total. The van der Waals surface area contributed by atoms with E-state index in [9.17, 15) is 0 Å². The zero-order valence-electron chi connectivity index (χ0n) is 47.9. The van der Waals surface area contributed by atoms with Crippen LogP contribution in [0, 0.1) is 0 Å². The Kier molecular flexibility index (Phi) is 9.62. The lowest BCUT2D eigenvalue weighted by molar-refractivity contribution is 0.589. The minimum atomic E-state index is -0.571. The van der Waals surface area contributed by atoms with E-state index in [2.05, 4.69) is 256 Å². The molecule has 0 bridgehead atoms. The van der Waals surface area contributed by atoms with Crippen molar-refractivity contribution in [3.05, 3.63) is 214 Å². The molecule has 0 saturated heterocycles. The highest BCUT2D eigenvalue weighted by Gasteiger charge is 2.55. The minimum Gasteiger partial charge on any atom is -0.311 e. The average Bonchev–Trinajstić information content (AvgIpc) is 4.39. The largest absolute Gasteiger partial charge is 0.311 e. The summed E-state index contributed by atoms with van der Waals surface area (Å²) in [5.74, 6) is 0. The molecule has 1 unspecified atom stereocenters. The molecule has 16 rings (SSSR count). The molecule has 390 valence electrons. The summed E-state index contributed by atoms with van der Waals surface area (Å²) in [5.41, 5.74) is 29.4. The Balaban J connectivity index is 1.02. The van der Waals surface area contributed by atoms with Crippen LogP contribution in [0.3, 0.4) is 0 Å². The van der Waals surface area contributed by atoms with Crippen LogP contribution in [0.5, 0.6) is 0 Å². The number of aromatic nitrogens is 1. The van der Waals surface area contributed by atoms with Gasteiger partial charge in [0.1, 0.15) is 0 Å². The van der Waals surface area contributed by atoms with Gasteiger partial charge in [0.15, 0.2) is 0 Å². The van der Waals surface area contributed by atoms with Crippen molar-refractivity contribution in [1.29, 1.82) is 0 Å². The summed E-state index contributed by atoms with van der Waals surface area (Å²) in [7, 11) is 0. The maximum Gasteiger partial charge on any atom is 0.264 e. The number of hydrogen-bond acceptors (Lipinski definition) is 5. The summed E-state index contributed by atoms with van der Waals surface area (Å²) < 4.78 is 2.70. The normalized spacial score (nSPS) is 16.2. The van der Waals surface area contributed by atoms with E-state index in [0.717, 1.165) is 0 Å². The van der Waals surface area contributed by atoms with E-state index in [4.69, 9.17) is 4.98 Å². The standard InChI is InChI=1S/C74H64BN3S2/c1-70(2,3)42-20-25-46(26-21-42)77-59-35-44(72(7,8)9)24-30-58(59)75-66-60(77)36-45(73(10,11)12)37-61(66)78(47-27-22-43(23-28-47)71(4,5)6)67-53-38-52-48-31-33-76-40-57(48)74(56(52)39-62(53)80-69(67)75)54-18-14-17-51-64(54)65-55(74)29-19-41-15-13-16-49(63(41)65)50-32-34-79-68(50)51/h13-40H,1-12H3. The molecule has 0 saturated carbocycles. The molecule has 6 heteroatoms. The molecule has 0 fully saturated rings. The molecule has 5 aliphatic rings. The summed E-state index contributed by atoms with van der Waals surface area (Å²) in [6.45, 7) is 28.1. The minimum absolute atomic E-state index is 0.00523. The molecule has 5 heterocycles. The van der Waals surface area contributed by atoms with Gasteiger partial charge in [0.2, 0.25) is 0 Å². The summed E-state index contributed by atoms with van der Waals surface area (Å²) in [4.78, 5) is 11.7. The van der Waals surface area contributed by atoms with Crippen molar-refractivity contribution in [1.82, 2.24) is 4.98 Å². The third kappa shape index (κ3) is 6.35. The lowest BCUT2D eigenvalue weighted by atomic mass is 9.36. The molecule has 3 aromatic heterocycles. The first kappa shape index (κ1) is 48.4. The van der Waals surface area contributed by atoms with Crippen LogP contribution in [0.1, 0.15) is 128 Å². The number of hydrogen-bond donors (Lipinski definition) is 0. The van der Waals surface area contributed by atoms with Crippen molar-refractivity contribution in [3.8, 4) is 43.8 Å². The second kappa shape index (κ2) is 15.9. The predicted octanol–water partition coefficient (Wildman–Crippen LogP) is 18.8. The van der Waals surface area contributed by atoms with Gasteiger partial charge in [0.05, 0.1) is 11.1 Å². The lowest BCUT2D eigenvalue weighted by Gasteiger charge is -2.44. The maximum absolute atomic E-state index is 5.02. The number of benzene rings is 8. The molecule has 2 aliphatic heterocycles. The molecular weight excluding hydrogens is 1010 g/mol. The van der Waals surface area contributed by atoms with Gasteiger partial charge in [-0.1, -0.05) is 168 Å². The summed E-state index contributed by atoms with van der Waals surface area (Å²) in [6.07, 6.45) is 4.22. The van der Waals surface area contributed by atoms with Gasteiger partial charge in [0, 0.05) is 71.7 Å². The number of thiophene rings is 2. The first-order valence-corrected chi connectivity index (χ1v) is 30.4. The fourth-order valence-corrected chi connectivity index (χ4v) is 17.0. The van der Waals surface area contributed by atoms with Crippen LogP contribution in [0.25, 0.3) is 64.7 Å². The highest BCUT2D eigenvalue weighted by Crippen LogP contribution is 2.68. The number of nitrogens with zero attached hydrogens (tertiary/aromatic N) is 3. The van der Waals surface area contributed by atoms with Gasteiger partial charge >= 0.3 is 0 Å². The maximum atomic E-state index is 5.02. The third-order valence-electron chi connectivity index (χ3n) is 18.8. The van der Waals surface area contributed by atoms with Gasteiger partial charge in [-0.2, -0.15) is 0 Å². The van der Waals surface area contributed by atoms with Gasteiger partial charge in [-0.3, -0.25) is 4.98 Å². The van der Waals surface area contributed by atoms with E-state index < -0.39 is 5.41 Å². The SMILES string of the molecule is CC(C)(C)c1ccc(N2c3cc(C(C)(C)C)ccc3B3c4sc5cc6c(cc5c4N(c4ccc(C(C)(C)C)cc4)c4cc(C(C)(C)C)cc2c43)-c2ccncc2C62c3cccc4c3-c3c2ccc2cccc(c32)-c2ccsc2-4)cc1. The van der Waals surface area contributed by atoms with E-state index in [0.29, 0.717) is 0 Å². The fourth-order valence-electron chi connectivity index (χ4n) is 14.8. The van der Waals surface area contributed by atoms with Crippen molar-refractivity contribution >= 4 is 100 Å². The van der Waals surface area contributed by atoms with Gasteiger partial charge in [0.25, 0.3) is 6.71 Å². The predicted molar refractivity (Wildman–Crippen MR) is 345 cm³/mol. The van der Waals surface area contributed by atoms with Crippen LogP contribution in [-0.4, -0.2) is 11.7 Å². The second-order valence-electron chi connectivity index (χ2n) is 27.6. The lowest BCUT2D eigenvalue weighted by Crippen LogP contribution is -2.60. The highest BCUT2D eigenvalue weighted by molar-refractivity contribution is 7.33. The van der Waals surface area contributed by atoms with Crippen LogP contribution >= 0.6 is 22.7 Å². The van der Waals surface area contributed by atoms with Crippen LogP contribution in [0.2, 0.25) is 0 Å². The Labute approximate surface area is 479 Å². The van der Waals surface area contributed by atoms with E-state index in [1.165, 1.54) is 159 Å². The molecule has 0 radical (unpaired) electrons. The summed E-state index contributed by atoms with van der Waals surface area (Å²) in [5, 5.41) is 6.23. The Morgan fingerprint density at radius 2 is 1.10 bits per heavy atom. The van der Waals surface area contributed by atoms with Gasteiger partial charge in [-0.05, 0) is 188 Å². The van der Waals surface area contributed by atoms with Crippen LogP contribution in [-0.2, 0) is 27.1 Å². The summed E-state index contributed by atoms with van der Waals surface area (Å²) >= 11 is 3.89. The molecule has 0 amide bonds. The molecule has 1 spiro atoms. The number of anilines is 6. The van der Waals surface area contributed by atoms with Crippen LogP contribution in [0.4, 0.5) is 34.1 Å². The van der Waals surface area contributed by atoms with Crippen molar-refractivity contribution in [3.63, 3.8) is 0 Å². The van der Waals surface area contributed by atoms with Crippen molar-refractivity contribution in [2.24, 2.45) is 0 Å². The molecule has 3 aliphatic carbocycles. The molecule has 11 aromatic rings. The average molecular weight is 1070 g/mol. The molecule has 8 aromatic carbocycles. The zero-order valence-corrected chi connectivity index (χ0v) is 49.5. The quantitative estimate of drug-likeness (QED) is 0.161. The van der Waals surface area contributed by atoms with Gasteiger partial charge in [-0.25, -0.2) is 0 Å². The number of rotatable bonds is 2. The highest BCUT2D eigenvalue weighted by atomic mass is 32.1. The van der Waals surface area contributed by atoms with Crippen molar-refractivity contribution < 1.29 is 0 Å². The van der Waals surface area contributed by atoms with E-state index in [1.807, 2.05) is 28.9 Å². The Bertz CT molecular complexity index is 4530. The molecule has 80 heavy (non-hydrogen) atoms. The van der Waals surface area contributed by atoms with E-state index in [-0.39, 0.29) is 28.4 Å². The Morgan fingerprint density at radius 1 is 0.475 bits per heavy atom. The fraction of sp³-hybridized carbons (Fsp3) is 0.230. The Hall–Kier alpha value is -7.51. The Morgan fingerprint density at radius 3 is 1.80 bits per heavy atom. The second-order valence-corrected chi connectivity index (χ2v) is 29.6. The van der Waals surface area contributed by atoms with E-state index >= 15 is 0 Å². The first-order chi connectivity index (χ1) is 38.2. The molecule has 1 atom stereocenters. The smallest absolute Gasteiger partial charge is 0.264 e. The van der Waals surface area contributed by atoms with Crippen LogP contribution in [0.15, 0.2) is 169 Å². The summed E-state index contributed by atoms with van der Waals surface area (Å²) in [6, 6.07) is 60.4. The van der Waals surface area contributed by atoms with Gasteiger partial charge in [-0.15, -0.1) is 22.7 Å². The molecule has 0 N–H and O–H groups in total. The first-order valence-electron chi connectivity index (χ1n) is 28.7. The van der Waals surface area contributed by atoms with Crippen molar-refractivity contribution in [2.75, 3.05) is 9.80 Å². The molecular formula is C74H64BN3S2. The topological polar surface area (TPSA) is 19.4 Å². The van der Waals surface area contributed by atoms with E-state index in [1.54, 1.807) is 0 Å². The number of pyridine rings is 1. The van der Waals surface area contributed by atoms with Gasteiger partial charge < -0.3 is 9.80 Å². The monoisotopic (exact) mass is 1070 g/mol. The third-order valence-corrected chi connectivity index (χ3v) is 21.0.